The van der Waals surface area contributed by atoms with Crippen LogP contribution in [0.3, 0.4) is 0 Å². The molecule has 0 aliphatic rings. The number of rotatable bonds is 8. The topological polar surface area (TPSA) is 73.9 Å². The molecule has 1 N–H and O–H groups in total. The molecule has 0 spiro atoms. The molecule has 2 aromatic rings. The zero-order valence-electron chi connectivity index (χ0n) is 13.3. The molecule has 0 unspecified atom stereocenters. The van der Waals surface area contributed by atoms with Crippen LogP contribution in [0.2, 0.25) is 5.02 Å². The molecule has 6 nitrogen and oxygen atoms in total. The van der Waals surface area contributed by atoms with E-state index in [0.717, 1.165) is 0 Å². The Morgan fingerprint density at radius 2 is 1.50 bits per heavy atom. The molecule has 0 radical (unpaired) electrons. The summed E-state index contributed by atoms with van der Waals surface area (Å²) >= 11 is 5.75. The maximum atomic E-state index is 12.1. The largest absolute Gasteiger partial charge is 0.496 e. The predicted octanol–water partition coefficient (Wildman–Crippen LogP) is 2.71. The average molecular weight is 372 g/mol. The lowest BCUT2D eigenvalue weighted by Crippen LogP contribution is -2.28. The smallest absolute Gasteiger partial charge is 0.240 e. The number of nitrogens with one attached hydrogen (secondary N) is 1. The molecule has 2 aromatic carbocycles. The van der Waals surface area contributed by atoms with Gasteiger partial charge in [-0.25, -0.2) is 13.1 Å². The molecule has 0 saturated heterocycles. The minimum absolute atomic E-state index is 0.116. The van der Waals surface area contributed by atoms with E-state index >= 15 is 0 Å². The Morgan fingerprint density at radius 3 is 2.04 bits per heavy atom. The van der Waals surface area contributed by atoms with Crippen LogP contribution in [-0.2, 0) is 10.0 Å². The predicted molar refractivity (Wildman–Crippen MR) is 91.7 cm³/mol. The summed E-state index contributed by atoms with van der Waals surface area (Å²) in [6.45, 7) is 0.271. The zero-order valence-corrected chi connectivity index (χ0v) is 14.9. The number of hydrogen-bond acceptors (Lipinski definition) is 5. The van der Waals surface area contributed by atoms with Crippen molar-refractivity contribution in [1.82, 2.24) is 4.72 Å². The van der Waals surface area contributed by atoms with E-state index in [9.17, 15) is 8.42 Å². The first-order chi connectivity index (χ1) is 11.4. The highest BCUT2D eigenvalue weighted by Gasteiger charge is 2.13. The Balaban J connectivity index is 1.91. The minimum Gasteiger partial charge on any atom is -0.496 e. The van der Waals surface area contributed by atoms with Gasteiger partial charge >= 0.3 is 0 Å². The molecule has 0 fully saturated rings. The lowest BCUT2D eigenvalue weighted by atomic mass is 10.3. The van der Waals surface area contributed by atoms with Gasteiger partial charge in [0.1, 0.15) is 23.9 Å². The van der Waals surface area contributed by atoms with E-state index in [0.29, 0.717) is 22.3 Å². The lowest BCUT2D eigenvalue weighted by Gasteiger charge is -2.11. The fourth-order valence-corrected chi connectivity index (χ4v) is 3.05. The van der Waals surface area contributed by atoms with Crippen LogP contribution in [0.1, 0.15) is 0 Å². The van der Waals surface area contributed by atoms with Crippen molar-refractivity contribution in [3.8, 4) is 17.2 Å². The first-order valence-electron chi connectivity index (χ1n) is 7.06. The summed E-state index contributed by atoms with van der Waals surface area (Å²) in [5.74, 6) is 1.70. The second-order valence-corrected chi connectivity index (χ2v) is 6.95. The fourth-order valence-electron chi connectivity index (χ4n) is 1.91. The third-order valence-corrected chi connectivity index (χ3v) is 4.84. The summed E-state index contributed by atoms with van der Waals surface area (Å²) in [6, 6.07) is 11.0. The van der Waals surface area contributed by atoms with Gasteiger partial charge < -0.3 is 14.2 Å². The molecule has 0 aliphatic heterocycles. The van der Waals surface area contributed by atoms with Gasteiger partial charge in [-0.2, -0.15) is 0 Å². The van der Waals surface area contributed by atoms with E-state index in [-0.39, 0.29) is 18.0 Å². The molecule has 24 heavy (non-hydrogen) atoms. The molecule has 0 saturated carbocycles. The Bertz CT molecular complexity index is 755. The first-order valence-corrected chi connectivity index (χ1v) is 8.92. The minimum atomic E-state index is -3.60. The van der Waals surface area contributed by atoms with E-state index in [4.69, 9.17) is 25.8 Å². The molecule has 0 aromatic heterocycles. The monoisotopic (exact) mass is 371 g/mol. The summed E-state index contributed by atoms with van der Waals surface area (Å²) in [7, 11) is -0.514. The molecule has 2 rings (SSSR count). The third kappa shape index (κ3) is 5.02. The van der Waals surface area contributed by atoms with Gasteiger partial charge in [0.15, 0.2) is 0 Å². The van der Waals surface area contributed by atoms with E-state index in [2.05, 4.69) is 4.72 Å². The maximum absolute atomic E-state index is 12.1. The summed E-state index contributed by atoms with van der Waals surface area (Å²) in [5.41, 5.74) is 0. The average Bonchev–Trinajstić information content (AvgIpc) is 2.58. The molecule has 8 heteroatoms. The lowest BCUT2D eigenvalue weighted by molar-refractivity contribution is 0.316. The second kappa shape index (κ2) is 8.23. The van der Waals surface area contributed by atoms with Gasteiger partial charge in [0.25, 0.3) is 0 Å². The van der Waals surface area contributed by atoms with Gasteiger partial charge in [-0.05, 0) is 24.3 Å². The van der Waals surface area contributed by atoms with Crippen molar-refractivity contribution in [1.29, 1.82) is 0 Å². The summed E-state index contributed by atoms with van der Waals surface area (Å²) in [4.78, 5) is 0.148. The SMILES string of the molecule is COc1cc(OC)cc(OCCNS(=O)(=O)c2ccc(Cl)cc2)c1. The van der Waals surface area contributed by atoms with Crippen LogP contribution in [0.4, 0.5) is 0 Å². The van der Waals surface area contributed by atoms with Crippen molar-refractivity contribution in [3.05, 3.63) is 47.5 Å². The standard InChI is InChI=1S/C16H18ClNO5S/c1-21-13-9-14(22-2)11-15(10-13)23-8-7-18-24(19,20)16-5-3-12(17)4-6-16/h3-6,9-11,18H,7-8H2,1-2H3. The van der Waals surface area contributed by atoms with Gasteiger partial charge in [0.05, 0.1) is 19.1 Å². The van der Waals surface area contributed by atoms with Crippen LogP contribution >= 0.6 is 11.6 Å². The Morgan fingerprint density at radius 1 is 0.958 bits per heavy atom. The zero-order chi connectivity index (χ0) is 17.6. The fraction of sp³-hybridized carbons (Fsp3) is 0.250. The van der Waals surface area contributed by atoms with Crippen LogP contribution in [0, 0.1) is 0 Å². The van der Waals surface area contributed by atoms with Crippen molar-refractivity contribution in [2.45, 2.75) is 4.90 Å². The van der Waals surface area contributed by atoms with Gasteiger partial charge in [-0.3, -0.25) is 0 Å². The van der Waals surface area contributed by atoms with Crippen molar-refractivity contribution in [3.63, 3.8) is 0 Å². The van der Waals surface area contributed by atoms with Crippen LogP contribution in [0.15, 0.2) is 47.4 Å². The van der Waals surface area contributed by atoms with Crippen molar-refractivity contribution < 1.29 is 22.6 Å². The Labute approximate surface area is 146 Å². The molecule has 130 valence electrons. The van der Waals surface area contributed by atoms with Crippen LogP contribution in [-0.4, -0.2) is 35.8 Å². The van der Waals surface area contributed by atoms with Crippen molar-refractivity contribution in [2.75, 3.05) is 27.4 Å². The molecule has 0 bridgehead atoms. The van der Waals surface area contributed by atoms with Crippen LogP contribution < -0.4 is 18.9 Å². The van der Waals surface area contributed by atoms with E-state index in [1.54, 1.807) is 32.4 Å². The highest BCUT2D eigenvalue weighted by atomic mass is 35.5. The summed E-state index contributed by atoms with van der Waals surface area (Å²) in [6.07, 6.45) is 0. The highest BCUT2D eigenvalue weighted by Crippen LogP contribution is 2.27. The van der Waals surface area contributed by atoms with Crippen LogP contribution in [0.25, 0.3) is 0 Å². The Hall–Kier alpha value is -1.96. The molecule has 0 heterocycles. The van der Waals surface area contributed by atoms with Gasteiger partial charge in [0, 0.05) is 29.8 Å². The molecular weight excluding hydrogens is 354 g/mol. The molecule has 0 aliphatic carbocycles. The van der Waals surface area contributed by atoms with Crippen molar-refractivity contribution >= 4 is 21.6 Å². The number of hydrogen-bond donors (Lipinski definition) is 1. The molecule has 0 atom stereocenters. The first kappa shape index (κ1) is 18.4. The van der Waals surface area contributed by atoms with E-state index in [1.807, 2.05) is 0 Å². The van der Waals surface area contributed by atoms with Crippen molar-refractivity contribution in [2.24, 2.45) is 0 Å². The van der Waals surface area contributed by atoms with E-state index in [1.165, 1.54) is 24.3 Å². The summed E-state index contributed by atoms with van der Waals surface area (Å²) in [5, 5.41) is 0.476. The summed E-state index contributed by atoms with van der Waals surface area (Å²) < 4.78 is 42.5. The quantitative estimate of drug-likeness (QED) is 0.722. The number of halogens is 1. The third-order valence-electron chi connectivity index (χ3n) is 3.11. The number of sulfonamides is 1. The van der Waals surface area contributed by atoms with Crippen LogP contribution in [0.5, 0.6) is 17.2 Å². The van der Waals surface area contributed by atoms with Gasteiger partial charge in [-0.1, -0.05) is 11.6 Å². The normalized spacial score (nSPS) is 11.1. The molecular formula is C16H18ClNO5S. The number of ether oxygens (including phenoxy) is 3. The van der Waals surface area contributed by atoms with Gasteiger partial charge in [-0.15, -0.1) is 0 Å². The Kier molecular flexibility index (Phi) is 6.30. The second-order valence-electron chi connectivity index (χ2n) is 4.75. The molecule has 0 amide bonds. The highest BCUT2D eigenvalue weighted by molar-refractivity contribution is 7.89. The van der Waals surface area contributed by atoms with Gasteiger partial charge in [0.2, 0.25) is 10.0 Å². The maximum Gasteiger partial charge on any atom is 0.240 e. The number of benzene rings is 2. The van der Waals surface area contributed by atoms with E-state index < -0.39 is 10.0 Å². The number of methoxy groups -OCH3 is 2.